The molecule has 0 aliphatic carbocycles. The quantitative estimate of drug-likeness (QED) is 0.838. The number of benzene rings is 2. The van der Waals surface area contributed by atoms with Crippen LogP contribution < -0.4 is 10.1 Å². The molecular formula is C15H10FNO2. The van der Waals surface area contributed by atoms with Gasteiger partial charge in [-0.25, -0.2) is 4.39 Å². The molecule has 1 amide bonds. The van der Waals surface area contributed by atoms with Crippen molar-refractivity contribution in [1.82, 2.24) is 5.32 Å². The third-order valence-electron chi connectivity index (χ3n) is 2.84. The van der Waals surface area contributed by atoms with Crippen molar-refractivity contribution < 1.29 is 13.9 Å². The highest BCUT2D eigenvalue weighted by Crippen LogP contribution is 2.24. The van der Waals surface area contributed by atoms with Crippen LogP contribution in [0.15, 0.2) is 54.8 Å². The van der Waals surface area contributed by atoms with Crippen molar-refractivity contribution in [1.29, 1.82) is 0 Å². The van der Waals surface area contributed by atoms with Crippen LogP contribution in [0.5, 0.6) is 5.75 Å². The van der Waals surface area contributed by atoms with Crippen molar-refractivity contribution in [2.24, 2.45) is 0 Å². The summed E-state index contributed by atoms with van der Waals surface area (Å²) in [5, 5.41) is 2.72. The second-order valence-electron chi connectivity index (χ2n) is 4.10. The van der Waals surface area contributed by atoms with Gasteiger partial charge in [0.2, 0.25) is 0 Å². The molecule has 94 valence electrons. The highest BCUT2D eigenvalue weighted by Gasteiger charge is 2.22. The fourth-order valence-corrected chi connectivity index (χ4v) is 1.91. The van der Waals surface area contributed by atoms with Gasteiger partial charge in [-0.3, -0.25) is 4.79 Å². The average molecular weight is 255 g/mol. The third kappa shape index (κ3) is 2.20. The van der Waals surface area contributed by atoms with Gasteiger partial charge in [0.05, 0.1) is 5.70 Å². The average Bonchev–Trinajstić information content (AvgIpc) is 2.76. The van der Waals surface area contributed by atoms with E-state index in [1.807, 2.05) is 18.2 Å². The maximum atomic E-state index is 12.7. The minimum Gasteiger partial charge on any atom is -0.463 e. The monoisotopic (exact) mass is 255 g/mol. The van der Waals surface area contributed by atoms with E-state index in [0.717, 1.165) is 5.56 Å². The highest BCUT2D eigenvalue weighted by atomic mass is 19.1. The molecule has 0 radical (unpaired) electrons. The largest absolute Gasteiger partial charge is 0.463 e. The number of carbonyl (C=O) groups is 1. The van der Waals surface area contributed by atoms with Crippen LogP contribution in [0.4, 0.5) is 4.39 Å². The molecule has 0 bridgehead atoms. The molecule has 0 saturated carbocycles. The maximum Gasteiger partial charge on any atom is 0.256 e. The van der Waals surface area contributed by atoms with Crippen molar-refractivity contribution >= 4 is 11.6 Å². The van der Waals surface area contributed by atoms with Gasteiger partial charge in [-0.15, -0.1) is 0 Å². The fourth-order valence-electron chi connectivity index (χ4n) is 1.91. The van der Waals surface area contributed by atoms with E-state index in [-0.39, 0.29) is 11.7 Å². The molecule has 0 unspecified atom stereocenters. The Morgan fingerprint density at radius 3 is 2.42 bits per heavy atom. The van der Waals surface area contributed by atoms with E-state index in [1.165, 1.54) is 30.5 Å². The Balaban J connectivity index is 1.86. The number of ether oxygens (including phenoxy) is 1. The molecule has 0 spiro atoms. The molecule has 4 heteroatoms. The Morgan fingerprint density at radius 2 is 1.68 bits per heavy atom. The van der Waals surface area contributed by atoms with E-state index in [4.69, 9.17) is 4.74 Å². The molecule has 1 heterocycles. The summed E-state index contributed by atoms with van der Waals surface area (Å²) in [6.07, 6.45) is 1.46. The van der Waals surface area contributed by atoms with E-state index in [2.05, 4.69) is 5.32 Å². The van der Waals surface area contributed by atoms with Crippen LogP contribution in [-0.4, -0.2) is 5.91 Å². The molecular weight excluding hydrogens is 245 g/mol. The number of rotatable bonds is 2. The van der Waals surface area contributed by atoms with Crippen LogP contribution in [0.25, 0.3) is 5.70 Å². The Labute approximate surface area is 109 Å². The molecule has 3 nitrogen and oxygen atoms in total. The normalized spacial score (nSPS) is 15.2. The molecule has 19 heavy (non-hydrogen) atoms. The lowest BCUT2D eigenvalue weighted by atomic mass is 10.1. The van der Waals surface area contributed by atoms with Crippen molar-refractivity contribution in [2.45, 2.75) is 0 Å². The molecule has 0 saturated heterocycles. The molecule has 0 atom stereocenters. The molecule has 2 aromatic rings. The summed E-state index contributed by atoms with van der Waals surface area (Å²) < 4.78 is 18.2. The maximum absolute atomic E-state index is 12.7. The first-order chi connectivity index (χ1) is 9.24. The summed E-state index contributed by atoms with van der Waals surface area (Å²) in [6.45, 7) is 0. The smallest absolute Gasteiger partial charge is 0.256 e. The number of hydrogen-bond donors (Lipinski definition) is 1. The molecule has 2 aromatic carbocycles. The predicted octanol–water partition coefficient (Wildman–Crippen LogP) is 2.95. The van der Waals surface area contributed by atoms with Gasteiger partial charge < -0.3 is 10.1 Å². The Morgan fingerprint density at radius 1 is 1.00 bits per heavy atom. The van der Waals surface area contributed by atoms with Crippen LogP contribution in [0.3, 0.4) is 0 Å². The SMILES string of the molecule is O=C1N/C(=C\Oc2ccc(F)cc2)c2ccccc21. The first-order valence-electron chi connectivity index (χ1n) is 5.77. The number of amides is 1. The van der Waals surface area contributed by atoms with E-state index in [1.54, 1.807) is 6.07 Å². The van der Waals surface area contributed by atoms with Gasteiger partial charge in [0.25, 0.3) is 5.91 Å². The number of carbonyl (C=O) groups excluding carboxylic acids is 1. The zero-order valence-electron chi connectivity index (χ0n) is 9.89. The zero-order chi connectivity index (χ0) is 13.2. The van der Waals surface area contributed by atoms with Crippen molar-refractivity contribution in [3.63, 3.8) is 0 Å². The van der Waals surface area contributed by atoms with Crippen LogP contribution in [0, 0.1) is 5.82 Å². The van der Waals surface area contributed by atoms with Crippen LogP contribution in [0.2, 0.25) is 0 Å². The van der Waals surface area contributed by atoms with Gasteiger partial charge >= 0.3 is 0 Å². The van der Waals surface area contributed by atoms with E-state index < -0.39 is 0 Å². The third-order valence-corrected chi connectivity index (χ3v) is 2.84. The minimum atomic E-state index is -0.320. The van der Waals surface area contributed by atoms with Gasteiger partial charge in [-0.2, -0.15) is 0 Å². The molecule has 3 rings (SSSR count). The van der Waals surface area contributed by atoms with Crippen LogP contribution in [0.1, 0.15) is 15.9 Å². The number of halogens is 1. The van der Waals surface area contributed by atoms with Crippen molar-refractivity contribution in [3.8, 4) is 5.75 Å². The summed E-state index contributed by atoms with van der Waals surface area (Å²) in [7, 11) is 0. The lowest BCUT2D eigenvalue weighted by Crippen LogP contribution is -2.12. The van der Waals surface area contributed by atoms with Crippen LogP contribution >= 0.6 is 0 Å². The Kier molecular flexibility index (Phi) is 2.76. The van der Waals surface area contributed by atoms with E-state index >= 15 is 0 Å². The molecule has 1 aliphatic heterocycles. The minimum absolute atomic E-state index is 0.149. The number of hydrogen-bond acceptors (Lipinski definition) is 2. The van der Waals surface area contributed by atoms with Gasteiger partial charge in [-0.05, 0) is 30.3 Å². The van der Waals surface area contributed by atoms with Crippen LogP contribution in [-0.2, 0) is 0 Å². The summed E-state index contributed by atoms with van der Waals surface area (Å²) in [5.74, 6) is 0.0385. The zero-order valence-corrected chi connectivity index (χ0v) is 9.89. The fraction of sp³-hybridized carbons (Fsp3) is 0. The first kappa shape index (κ1) is 11.5. The first-order valence-corrected chi connectivity index (χ1v) is 5.77. The summed E-state index contributed by atoms with van der Waals surface area (Å²) >= 11 is 0. The van der Waals surface area contributed by atoms with E-state index in [9.17, 15) is 9.18 Å². The Bertz CT molecular complexity index is 662. The van der Waals surface area contributed by atoms with Gasteiger partial charge in [0.1, 0.15) is 17.8 Å². The number of fused-ring (bicyclic) bond motifs is 1. The second kappa shape index (κ2) is 4.57. The summed E-state index contributed by atoms with van der Waals surface area (Å²) in [5.41, 5.74) is 2.02. The second-order valence-corrected chi connectivity index (χ2v) is 4.10. The predicted molar refractivity (Wildman–Crippen MR) is 68.9 cm³/mol. The Hall–Kier alpha value is -2.62. The van der Waals surface area contributed by atoms with Crippen molar-refractivity contribution in [2.75, 3.05) is 0 Å². The van der Waals surface area contributed by atoms with Gasteiger partial charge in [0.15, 0.2) is 0 Å². The standard InChI is InChI=1S/C15H10FNO2/c16-10-5-7-11(8-6-10)19-9-14-12-3-1-2-4-13(12)15(18)17-14/h1-9H,(H,17,18)/b14-9-. The van der Waals surface area contributed by atoms with Crippen molar-refractivity contribution in [3.05, 3.63) is 71.7 Å². The molecule has 0 fully saturated rings. The lowest BCUT2D eigenvalue weighted by molar-refractivity contribution is 0.0980. The summed E-state index contributed by atoms with van der Waals surface area (Å²) in [6, 6.07) is 12.9. The van der Waals surface area contributed by atoms with Gasteiger partial charge in [-0.1, -0.05) is 18.2 Å². The molecule has 1 aliphatic rings. The molecule has 0 aromatic heterocycles. The lowest BCUT2D eigenvalue weighted by Gasteiger charge is -2.02. The van der Waals surface area contributed by atoms with E-state index in [0.29, 0.717) is 17.0 Å². The topological polar surface area (TPSA) is 38.3 Å². The highest BCUT2D eigenvalue weighted by molar-refractivity contribution is 6.09. The molecule has 1 N–H and O–H groups in total. The summed E-state index contributed by atoms with van der Waals surface area (Å²) in [4.78, 5) is 11.7. The van der Waals surface area contributed by atoms with Gasteiger partial charge in [0, 0.05) is 11.1 Å². The number of nitrogens with one attached hydrogen (secondary N) is 1.